The number of anilines is 1. The minimum Gasteiger partial charge on any atom is -0.326 e. The third kappa shape index (κ3) is 2.53. The van der Waals surface area contributed by atoms with E-state index in [1.54, 1.807) is 0 Å². The van der Waals surface area contributed by atoms with Gasteiger partial charge in [-0.05, 0) is 37.0 Å². The molecule has 4 heteroatoms. The Morgan fingerprint density at radius 2 is 2.25 bits per heavy atom. The first-order valence-corrected chi connectivity index (χ1v) is 5.71. The van der Waals surface area contributed by atoms with Crippen molar-refractivity contribution in [3.63, 3.8) is 0 Å². The number of hydrogen-bond donors (Lipinski definition) is 1. The summed E-state index contributed by atoms with van der Waals surface area (Å²) in [6.07, 6.45) is 2.25. The molecule has 2 rings (SSSR count). The maximum atomic E-state index is 12.9. The topological polar surface area (TPSA) is 29.1 Å². The highest BCUT2D eigenvalue weighted by molar-refractivity contribution is 6.31. The van der Waals surface area contributed by atoms with Crippen LogP contribution in [0.3, 0.4) is 0 Å². The van der Waals surface area contributed by atoms with Gasteiger partial charge in [-0.1, -0.05) is 18.5 Å². The third-order valence-electron chi connectivity index (χ3n) is 2.93. The molecule has 1 aliphatic carbocycles. The highest BCUT2D eigenvalue weighted by atomic mass is 35.5. The molecular weight excluding hydrogens is 229 g/mol. The van der Waals surface area contributed by atoms with Gasteiger partial charge in [-0.3, -0.25) is 4.79 Å². The summed E-state index contributed by atoms with van der Waals surface area (Å²) < 4.78 is 12.9. The molecule has 1 aromatic carbocycles. The predicted octanol–water partition coefficient (Wildman–Crippen LogP) is 3.46. The van der Waals surface area contributed by atoms with Gasteiger partial charge in [0.05, 0.1) is 5.02 Å². The monoisotopic (exact) mass is 241 g/mol. The predicted molar refractivity (Wildman–Crippen MR) is 61.9 cm³/mol. The SMILES string of the molecule is CC(C(=O)Nc1ccc(F)c(Cl)c1)C1CC1. The molecule has 1 unspecified atom stereocenters. The molecule has 2 nitrogen and oxygen atoms in total. The molecule has 0 bridgehead atoms. The Balaban J connectivity index is 2.02. The molecule has 1 amide bonds. The lowest BCUT2D eigenvalue weighted by atomic mass is 10.1. The molecule has 0 saturated heterocycles. The van der Waals surface area contributed by atoms with E-state index in [9.17, 15) is 9.18 Å². The molecule has 0 aliphatic heterocycles. The van der Waals surface area contributed by atoms with Gasteiger partial charge in [0.2, 0.25) is 5.91 Å². The zero-order valence-corrected chi connectivity index (χ0v) is 9.72. The second kappa shape index (κ2) is 4.42. The maximum absolute atomic E-state index is 12.9. The molecule has 0 aromatic heterocycles. The molecule has 1 atom stereocenters. The molecule has 1 aromatic rings. The van der Waals surface area contributed by atoms with Gasteiger partial charge >= 0.3 is 0 Å². The van der Waals surface area contributed by atoms with Crippen LogP contribution in [0.25, 0.3) is 0 Å². The quantitative estimate of drug-likeness (QED) is 0.863. The summed E-state index contributed by atoms with van der Waals surface area (Å²) >= 11 is 5.63. The molecule has 1 fully saturated rings. The van der Waals surface area contributed by atoms with E-state index >= 15 is 0 Å². The van der Waals surface area contributed by atoms with Gasteiger partial charge in [0, 0.05) is 11.6 Å². The fraction of sp³-hybridized carbons (Fsp3) is 0.417. The summed E-state index contributed by atoms with van der Waals surface area (Å²) in [5, 5.41) is 2.77. The van der Waals surface area contributed by atoms with Crippen molar-refractivity contribution >= 4 is 23.2 Å². The molecule has 0 spiro atoms. The Labute approximate surface area is 98.8 Å². The summed E-state index contributed by atoms with van der Waals surface area (Å²) in [6, 6.07) is 4.19. The van der Waals surface area contributed by atoms with Crippen LogP contribution in [0.1, 0.15) is 19.8 Å². The first kappa shape index (κ1) is 11.4. The van der Waals surface area contributed by atoms with Crippen LogP contribution in [-0.2, 0) is 4.79 Å². The van der Waals surface area contributed by atoms with Gasteiger partial charge in [0.25, 0.3) is 0 Å². The molecule has 1 aliphatic rings. The lowest BCUT2D eigenvalue weighted by Gasteiger charge is -2.11. The van der Waals surface area contributed by atoms with E-state index in [4.69, 9.17) is 11.6 Å². The number of nitrogens with one attached hydrogen (secondary N) is 1. The summed E-state index contributed by atoms with van der Waals surface area (Å²) in [5.74, 6) is 0.0276. The van der Waals surface area contributed by atoms with E-state index in [2.05, 4.69) is 5.32 Å². The molecule has 1 N–H and O–H groups in total. The maximum Gasteiger partial charge on any atom is 0.227 e. The van der Waals surface area contributed by atoms with Crippen LogP contribution in [0.15, 0.2) is 18.2 Å². The third-order valence-corrected chi connectivity index (χ3v) is 3.22. The van der Waals surface area contributed by atoms with E-state index < -0.39 is 5.82 Å². The van der Waals surface area contributed by atoms with Gasteiger partial charge < -0.3 is 5.32 Å². The second-order valence-corrected chi connectivity index (χ2v) is 4.65. The molecule has 86 valence electrons. The van der Waals surface area contributed by atoms with E-state index in [0.29, 0.717) is 11.6 Å². The van der Waals surface area contributed by atoms with Crippen LogP contribution in [0.5, 0.6) is 0 Å². The standard InChI is InChI=1S/C12H13ClFNO/c1-7(8-2-3-8)12(16)15-9-4-5-11(14)10(13)6-9/h4-8H,2-3H2,1H3,(H,15,16). The van der Waals surface area contributed by atoms with Crippen LogP contribution in [-0.4, -0.2) is 5.91 Å². The van der Waals surface area contributed by atoms with E-state index in [1.807, 2.05) is 6.92 Å². The van der Waals surface area contributed by atoms with Crippen LogP contribution in [0.2, 0.25) is 5.02 Å². The number of carbonyl (C=O) groups is 1. The average molecular weight is 242 g/mol. The van der Waals surface area contributed by atoms with Crippen molar-refractivity contribution in [1.82, 2.24) is 0 Å². The molecule has 16 heavy (non-hydrogen) atoms. The van der Waals surface area contributed by atoms with Gasteiger partial charge in [-0.15, -0.1) is 0 Å². The molecular formula is C12H13ClFNO. The highest BCUT2D eigenvalue weighted by Crippen LogP contribution is 2.37. The summed E-state index contributed by atoms with van der Waals surface area (Å²) in [7, 11) is 0. The smallest absolute Gasteiger partial charge is 0.227 e. The van der Waals surface area contributed by atoms with Crippen LogP contribution < -0.4 is 5.32 Å². The zero-order chi connectivity index (χ0) is 11.7. The molecule has 0 heterocycles. The van der Waals surface area contributed by atoms with Gasteiger partial charge in [0.15, 0.2) is 0 Å². The Morgan fingerprint density at radius 3 is 2.81 bits per heavy atom. The normalized spacial score (nSPS) is 16.9. The van der Waals surface area contributed by atoms with Gasteiger partial charge in [-0.25, -0.2) is 4.39 Å². The zero-order valence-electron chi connectivity index (χ0n) is 8.97. The number of halogens is 2. The Hall–Kier alpha value is -1.09. The van der Waals surface area contributed by atoms with Crippen molar-refractivity contribution in [3.05, 3.63) is 29.0 Å². The van der Waals surface area contributed by atoms with Crippen LogP contribution >= 0.6 is 11.6 Å². The Bertz CT molecular complexity index is 417. The molecule has 0 radical (unpaired) electrons. The lowest BCUT2D eigenvalue weighted by molar-refractivity contribution is -0.119. The minimum absolute atomic E-state index is 0.0174. The number of rotatable bonds is 3. The summed E-state index contributed by atoms with van der Waals surface area (Å²) in [6.45, 7) is 1.91. The van der Waals surface area contributed by atoms with Crippen molar-refractivity contribution in [2.75, 3.05) is 5.32 Å². The van der Waals surface area contributed by atoms with E-state index in [0.717, 1.165) is 12.8 Å². The van der Waals surface area contributed by atoms with Crippen LogP contribution in [0, 0.1) is 17.7 Å². The highest BCUT2D eigenvalue weighted by Gasteiger charge is 2.32. The molecule has 1 saturated carbocycles. The number of hydrogen-bond acceptors (Lipinski definition) is 1. The van der Waals surface area contributed by atoms with Crippen LogP contribution in [0.4, 0.5) is 10.1 Å². The van der Waals surface area contributed by atoms with Crippen molar-refractivity contribution in [2.45, 2.75) is 19.8 Å². The number of amides is 1. The van der Waals surface area contributed by atoms with Crippen molar-refractivity contribution in [3.8, 4) is 0 Å². The summed E-state index contributed by atoms with van der Waals surface area (Å²) in [5.41, 5.74) is 0.545. The lowest BCUT2D eigenvalue weighted by Crippen LogP contribution is -2.21. The van der Waals surface area contributed by atoms with E-state index in [1.165, 1.54) is 18.2 Å². The van der Waals surface area contributed by atoms with Gasteiger partial charge in [-0.2, -0.15) is 0 Å². The average Bonchev–Trinajstić information content (AvgIpc) is 3.06. The minimum atomic E-state index is -0.477. The fourth-order valence-corrected chi connectivity index (χ4v) is 1.82. The Morgan fingerprint density at radius 1 is 1.56 bits per heavy atom. The van der Waals surface area contributed by atoms with Gasteiger partial charge in [0.1, 0.15) is 5.82 Å². The largest absolute Gasteiger partial charge is 0.326 e. The van der Waals surface area contributed by atoms with Crippen molar-refractivity contribution in [2.24, 2.45) is 11.8 Å². The number of carbonyl (C=O) groups excluding carboxylic acids is 1. The fourth-order valence-electron chi connectivity index (χ4n) is 1.64. The van der Waals surface area contributed by atoms with Crippen molar-refractivity contribution < 1.29 is 9.18 Å². The first-order chi connectivity index (χ1) is 7.58. The Kier molecular flexibility index (Phi) is 3.15. The second-order valence-electron chi connectivity index (χ2n) is 4.24. The van der Waals surface area contributed by atoms with E-state index in [-0.39, 0.29) is 16.8 Å². The summed E-state index contributed by atoms with van der Waals surface area (Å²) in [4.78, 5) is 11.7. The first-order valence-electron chi connectivity index (χ1n) is 5.34. The number of benzene rings is 1. The van der Waals surface area contributed by atoms with Crippen molar-refractivity contribution in [1.29, 1.82) is 0 Å².